The average Bonchev–Trinajstić information content (AvgIpc) is 2.65. The Kier molecular flexibility index (Phi) is 6.41. The van der Waals surface area contributed by atoms with Gasteiger partial charge in [0.1, 0.15) is 0 Å². The minimum atomic E-state index is 0.151. The second-order valence-electron chi connectivity index (χ2n) is 6.56. The van der Waals surface area contributed by atoms with Crippen LogP contribution in [0.3, 0.4) is 0 Å². The van der Waals surface area contributed by atoms with E-state index in [9.17, 15) is 4.79 Å². The Labute approximate surface area is 163 Å². The number of carbonyl (C=O) groups is 1. The van der Waals surface area contributed by atoms with Gasteiger partial charge in [-0.1, -0.05) is 41.4 Å². The van der Waals surface area contributed by atoms with Crippen molar-refractivity contribution >= 4 is 34.8 Å². The first kappa shape index (κ1) is 19.0. The summed E-state index contributed by atoms with van der Waals surface area (Å²) < 4.78 is 5.97. The molecule has 6 heteroatoms. The molecule has 4 nitrogen and oxygen atoms in total. The van der Waals surface area contributed by atoms with Gasteiger partial charge in [-0.3, -0.25) is 4.79 Å². The van der Waals surface area contributed by atoms with E-state index in [0.717, 1.165) is 37.1 Å². The van der Waals surface area contributed by atoms with Gasteiger partial charge in [0.05, 0.1) is 29.2 Å². The Hall–Kier alpha value is -1.75. The first-order chi connectivity index (χ1) is 12.5. The minimum absolute atomic E-state index is 0.151. The quantitative estimate of drug-likeness (QED) is 0.770. The molecule has 1 saturated heterocycles. The highest BCUT2D eigenvalue weighted by molar-refractivity contribution is 6.42. The molecule has 3 rings (SSSR count). The van der Waals surface area contributed by atoms with E-state index in [2.05, 4.69) is 0 Å². The Morgan fingerprint density at radius 3 is 2.35 bits per heavy atom. The van der Waals surface area contributed by atoms with Gasteiger partial charge >= 0.3 is 0 Å². The lowest BCUT2D eigenvalue weighted by Gasteiger charge is -2.32. The zero-order valence-corrected chi connectivity index (χ0v) is 16.0. The van der Waals surface area contributed by atoms with E-state index >= 15 is 0 Å². The highest BCUT2D eigenvalue weighted by Gasteiger charge is 2.23. The number of rotatable bonds is 5. The van der Waals surface area contributed by atoms with Gasteiger partial charge in [0.2, 0.25) is 5.91 Å². The van der Waals surface area contributed by atoms with E-state index in [4.69, 9.17) is 33.7 Å². The SMILES string of the molecule is Nc1ccc(CC(=O)N2CCC(OCc3ccc(Cl)c(Cl)c3)CC2)cc1. The van der Waals surface area contributed by atoms with Gasteiger partial charge in [-0.25, -0.2) is 0 Å². The van der Waals surface area contributed by atoms with Crippen LogP contribution < -0.4 is 5.73 Å². The predicted octanol–water partition coefficient (Wildman–Crippen LogP) is 4.33. The highest BCUT2D eigenvalue weighted by Crippen LogP contribution is 2.24. The van der Waals surface area contributed by atoms with Crippen LogP contribution in [0.15, 0.2) is 42.5 Å². The summed E-state index contributed by atoms with van der Waals surface area (Å²) in [6.45, 7) is 1.95. The number of amides is 1. The summed E-state index contributed by atoms with van der Waals surface area (Å²) in [4.78, 5) is 14.3. The van der Waals surface area contributed by atoms with Crippen LogP contribution in [0.5, 0.6) is 0 Å². The number of nitrogen functional groups attached to an aromatic ring is 1. The van der Waals surface area contributed by atoms with Crippen LogP contribution >= 0.6 is 23.2 Å². The molecule has 0 radical (unpaired) electrons. The molecule has 0 atom stereocenters. The van der Waals surface area contributed by atoms with Gasteiger partial charge in [-0.2, -0.15) is 0 Å². The summed E-state index contributed by atoms with van der Waals surface area (Å²) in [5.74, 6) is 0.151. The number of ether oxygens (including phenoxy) is 1. The molecule has 0 aliphatic carbocycles. The molecule has 2 aromatic carbocycles. The molecule has 1 aliphatic rings. The molecule has 0 unspecified atom stereocenters. The summed E-state index contributed by atoms with van der Waals surface area (Å²) in [6, 6.07) is 13.0. The van der Waals surface area contributed by atoms with Crippen molar-refractivity contribution in [2.75, 3.05) is 18.8 Å². The molecule has 0 aromatic heterocycles. The molecule has 1 heterocycles. The number of carbonyl (C=O) groups excluding carboxylic acids is 1. The monoisotopic (exact) mass is 392 g/mol. The van der Waals surface area contributed by atoms with Crippen molar-refractivity contribution in [3.63, 3.8) is 0 Å². The molecule has 0 saturated carbocycles. The lowest BCUT2D eigenvalue weighted by molar-refractivity contribution is -0.133. The molecule has 0 spiro atoms. The van der Waals surface area contributed by atoms with Crippen LogP contribution in [-0.2, 0) is 22.6 Å². The Bertz CT molecular complexity index is 757. The van der Waals surface area contributed by atoms with Gasteiger partial charge in [-0.05, 0) is 48.2 Å². The fraction of sp³-hybridized carbons (Fsp3) is 0.350. The van der Waals surface area contributed by atoms with Crippen LogP contribution in [0.25, 0.3) is 0 Å². The van der Waals surface area contributed by atoms with Gasteiger partial charge < -0.3 is 15.4 Å². The molecular formula is C20H22Cl2N2O2. The Morgan fingerprint density at radius 2 is 1.69 bits per heavy atom. The van der Waals surface area contributed by atoms with Crippen molar-refractivity contribution in [3.05, 3.63) is 63.6 Å². The standard InChI is InChI=1S/C20H22Cl2N2O2/c21-18-6-3-15(11-19(18)22)13-26-17-7-9-24(10-8-17)20(25)12-14-1-4-16(23)5-2-14/h1-6,11,17H,7-10,12-13,23H2. The number of anilines is 1. The number of hydrogen-bond acceptors (Lipinski definition) is 3. The molecule has 2 aromatic rings. The summed E-state index contributed by atoms with van der Waals surface area (Å²) in [5.41, 5.74) is 8.38. The number of nitrogens with zero attached hydrogens (tertiary/aromatic N) is 1. The summed E-state index contributed by atoms with van der Waals surface area (Å²) in [7, 11) is 0. The molecule has 26 heavy (non-hydrogen) atoms. The van der Waals surface area contributed by atoms with Gasteiger partial charge in [-0.15, -0.1) is 0 Å². The third-order valence-corrected chi connectivity index (χ3v) is 5.34. The van der Waals surface area contributed by atoms with Crippen molar-refractivity contribution in [2.45, 2.75) is 32.0 Å². The molecule has 138 valence electrons. The lowest BCUT2D eigenvalue weighted by atomic mass is 10.1. The molecule has 0 bridgehead atoms. The average molecular weight is 393 g/mol. The van der Waals surface area contributed by atoms with E-state index in [1.165, 1.54) is 0 Å². The number of likely N-dealkylation sites (tertiary alicyclic amines) is 1. The van der Waals surface area contributed by atoms with E-state index in [1.54, 1.807) is 6.07 Å². The van der Waals surface area contributed by atoms with E-state index in [1.807, 2.05) is 41.3 Å². The first-order valence-corrected chi connectivity index (χ1v) is 9.44. The molecule has 2 N–H and O–H groups in total. The van der Waals surface area contributed by atoms with E-state index < -0.39 is 0 Å². The maximum atomic E-state index is 12.4. The fourth-order valence-corrected chi connectivity index (χ4v) is 3.36. The molecule has 1 aliphatic heterocycles. The van der Waals surface area contributed by atoms with Crippen molar-refractivity contribution in [3.8, 4) is 0 Å². The zero-order chi connectivity index (χ0) is 18.5. The van der Waals surface area contributed by atoms with Crippen LogP contribution in [0.4, 0.5) is 5.69 Å². The lowest BCUT2D eigenvalue weighted by Crippen LogP contribution is -2.41. The fourth-order valence-electron chi connectivity index (χ4n) is 3.04. The Balaban J connectivity index is 1.44. The van der Waals surface area contributed by atoms with Crippen LogP contribution in [0.2, 0.25) is 10.0 Å². The van der Waals surface area contributed by atoms with Crippen molar-refractivity contribution in [1.29, 1.82) is 0 Å². The third-order valence-electron chi connectivity index (χ3n) is 4.60. The predicted molar refractivity (Wildman–Crippen MR) is 105 cm³/mol. The van der Waals surface area contributed by atoms with Crippen LogP contribution in [-0.4, -0.2) is 30.0 Å². The number of halogens is 2. The highest BCUT2D eigenvalue weighted by atomic mass is 35.5. The van der Waals surface area contributed by atoms with E-state index in [-0.39, 0.29) is 12.0 Å². The van der Waals surface area contributed by atoms with Gasteiger partial charge in [0.25, 0.3) is 0 Å². The maximum absolute atomic E-state index is 12.4. The van der Waals surface area contributed by atoms with Gasteiger partial charge in [0.15, 0.2) is 0 Å². The van der Waals surface area contributed by atoms with Gasteiger partial charge in [0, 0.05) is 18.8 Å². The number of piperidine rings is 1. The summed E-state index contributed by atoms with van der Waals surface area (Å²) in [5, 5.41) is 1.08. The summed E-state index contributed by atoms with van der Waals surface area (Å²) in [6.07, 6.45) is 2.25. The van der Waals surface area contributed by atoms with Crippen molar-refractivity contribution < 1.29 is 9.53 Å². The zero-order valence-electron chi connectivity index (χ0n) is 14.5. The van der Waals surface area contributed by atoms with Crippen LogP contribution in [0.1, 0.15) is 24.0 Å². The van der Waals surface area contributed by atoms with Crippen molar-refractivity contribution in [2.24, 2.45) is 0 Å². The number of nitrogens with two attached hydrogens (primary N) is 1. The summed E-state index contributed by atoms with van der Waals surface area (Å²) >= 11 is 12.0. The van der Waals surface area contributed by atoms with Crippen LogP contribution in [0, 0.1) is 0 Å². The number of hydrogen-bond donors (Lipinski definition) is 1. The molecule has 1 amide bonds. The van der Waals surface area contributed by atoms with E-state index in [0.29, 0.717) is 28.8 Å². The maximum Gasteiger partial charge on any atom is 0.226 e. The first-order valence-electron chi connectivity index (χ1n) is 8.69. The second kappa shape index (κ2) is 8.76. The Morgan fingerprint density at radius 1 is 1.04 bits per heavy atom. The molecular weight excluding hydrogens is 371 g/mol. The minimum Gasteiger partial charge on any atom is -0.399 e. The smallest absolute Gasteiger partial charge is 0.226 e. The normalized spacial score (nSPS) is 15.2. The third kappa shape index (κ3) is 5.13. The topological polar surface area (TPSA) is 55.6 Å². The molecule has 1 fully saturated rings. The van der Waals surface area contributed by atoms with Crippen molar-refractivity contribution in [1.82, 2.24) is 4.90 Å². The largest absolute Gasteiger partial charge is 0.399 e. The number of benzene rings is 2. The second-order valence-corrected chi connectivity index (χ2v) is 7.37.